The second-order valence-corrected chi connectivity index (χ2v) is 7.91. The van der Waals surface area contributed by atoms with E-state index in [4.69, 9.17) is 4.74 Å². The number of hydrogen-bond donors (Lipinski definition) is 2. The lowest BCUT2D eigenvalue weighted by Gasteiger charge is -2.13. The number of amides is 2. The number of rotatable bonds is 4. The highest BCUT2D eigenvalue weighted by Crippen LogP contribution is 2.52. The first kappa shape index (κ1) is 17.1. The molecule has 2 amide bonds. The Morgan fingerprint density at radius 3 is 2.55 bits per heavy atom. The van der Waals surface area contributed by atoms with Gasteiger partial charge in [-0.15, -0.1) is 0 Å². The molecule has 5 rings (SSSR count). The van der Waals surface area contributed by atoms with Crippen LogP contribution in [0.15, 0.2) is 60.9 Å². The molecule has 3 aromatic heterocycles. The van der Waals surface area contributed by atoms with E-state index in [0.29, 0.717) is 43.7 Å². The number of carboxylic acid groups (broad SMARTS) is 1. The number of benzene rings is 1. The average molecular weight is 404 g/mol. The fourth-order valence-electron chi connectivity index (χ4n) is 3.24. The minimum atomic E-state index is -1.49. The van der Waals surface area contributed by atoms with Crippen molar-refractivity contribution in [3.05, 3.63) is 60.9 Å². The molecule has 0 aliphatic carbocycles. The van der Waals surface area contributed by atoms with Crippen molar-refractivity contribution in [2.75, 3.05) is 10.6 Å². The number of para-hydroxylation sites is 1. The standard InChI is InChI=1S/C20H12N4O4S/c25-19-23-13-8-9-21-18-15(13)16(24-19)17(29(18)20(26)27)14-7-6-12(10-22-14)28-11-4-2-1-3-5-11/h1-10H,(H2-,21,22,23,24,25,26,27). The molecule has 1 unspecified atom stereocenters. The summed E-state index contributed by atoms with van der Waals surface area (Å²) in [5, 5.41) is 16.6. The summed E-state index contributed by atoms with van der Waals surface area (Å²) in [6, 6.07) is 13.8. The Morgan fingerprint density at radius 2 is 1.83 bits per heavy atom. The number of urea groups is 1. The fraction of sp³-hybridized carbons (Fsp3) is 0. The lowest BCUT2D eigenvalue weighted by Crippen LogP contribution is -2.23. The molecule has 0 saturated carbocycles. The Kier molecular flexibility index (Phi) is 3.88. The molecule has 1 aromatic carbocycles. The van der Waals surface area contributed by atoms with Gasteiger partial charge in [-0.3, -0.25) is 0 Å². The maximum Gasteiger partial charge on any atom is 0.323 e. The second kappa shape index (κ2) is 6.57. The molecule has 0 spiro atoms. The number of nitrogens with zero attached hydrogens (tertiary/aromatic N) is 2. The van der Waals surface area contributed by atoms with E-state index in [-0.39, 0.29) is 0 Å². The third-order valence-electron chi connectivity index (χ3n) is 4.39. The van der Waals surface area contributed by atoms with Gasteiger partial charge < -0.3 is 25.3 Å². The van der Waals surface area contributed by atoms with Crippen molar-refractivity contribution in [1.82, 2.24) is 9.97 Å². The number of anilines is 2. The maximum absolute atomic E-state index is 12.1. The monoisotopic (exact) mass is 404 g/mol. The van der Waals surface area contributed by atoms with Gasteiger partial charge in [-0.25, -0.2) is 14.8 Å². The van der Waals surface area contributed by atoms with Crippen LogP contribution in [0.4, 0.5) is 21.0 Å². The Morgan fingerprint density at radius 1 is 1.00 bits per heavy atom. The zero-order valence-electron chi connectivity index (χ0n) is 14.7. The fourth-order valence-corrected chi connectivity index (χ4v) is 5.02. The van der Waals surface area contributed by atoms with Crippen LogP contribution in [0.5, 0.6) is 11.5 Å². The Hall–Kier alpha value is -3.98. The number of carbonyl (C=O) groups excluding carboxylic acids is 2. The summed E-state index contributed by atoms with van der Waals surface area (Å²) < 4.78 is 5.74. The van der Waals surface area contributed by atoms with E-state index in [1.54, 1.807) is 18.2 Å². The van der Waals surface area contributed by atoms with E-state index < -0.39 is 21.8 Å². The number of pyridine rings is 2. The summed E-state index contributed by atoms with van der Waals surface area (Å²) in [6.07, 6.45) is 2.97. The summed E-state index contributed by atoms with van der Waals surface area (Å²) in [6.45, 7) is 0. The third-order valence-corrected chi connectivity index (χ3v) is 6.24. The predicted octanol–water partition coefficient (Wildman–Crippen LogP) is 3.99. The van der Waals surface area contributed by atoms with Gasteiger partial charge in [0.2, 0.25) is 4.88 Å². The van der Waals surface area contributed by atoms with Gasteiger partial charge >= 0.3 is 11.3 Å². The Labute approximate surface area is 166 Å². The molecule has 9 heteroatoms. The summed E-state index contributed by atoms with van der Waals surface area (Å²) in [5.41, 5.74) is 1.30. The Balaban J connectivity index is 1.64. The predicted molar refractivity (Wildman–Crippen MR) is 107 cm³/mol. The van der Waals surface area contributed by atoms with Gasteiger partial charge in [0.25, 0.3) is 4.83 Å². The van der Waals surface area contributed by atoms with E-state index in [1.165, 1.54) is 12.4 Å². The summed E-state index contributed by atoms with van der Waals surface area (Å²) in [7, 11) is -1.49. The molecular weight excluding hydrogens is 392 g/mol. The number of nitrogens with one attached hydrogen (secondary N) is 2. The molecule has 142 valence electrons. The SMILES string of the molecule is O=C1Nc2ccnc3c2c(c(-c2ccc(Oc4ccccc4)cn2)[s+]3C(=O)[O-])N1. The van der Waals surface area contributed by atoms with Gasteiger partial charge in [-0.05, 0) is 30.3 Å². The van der Waals surface area contributed by atoms with Crippen molar-refractivity contribution in [3.63, 3.8) is 0 Å². The van der Waals surface area contributed by atoms with Crippen LogP contribution in [0.1, 0.15) is 0 Å². The van der Waals surface area contributed by atoms with Crippen LogP contribution in [0, 0.1) is 0 Å². The van der Waals surface area contributed by atoms with Gasteiger partial charge in [0.05, 0.1) is 22.4 Å². The number of aromatic nitrogens is 2. The molecular formula is C20H12N4O4S. The third kappa shape index (κ3) is 2.84. The number of thiophene rings is 1. The molecule has 2 N–H and O–H groups in total. The van der Waals surface area contributed by atoms with E-state index in [9.17, 15) is 14.7 Å². The van der Waals surface area contributed by atoms with Gasteiger partial charge in [-0.2, -0.15) is 0 Å². The van der Waals surface area contributed by atoms with Gasteiger partial charge in [-0.1, -0.05) is 18.2 Å². The number of ether oxygens (including phenoxy) is 1. The van der Waals surface area contributed by atoms with Crippen LogP contribution in [-0.4, -0.2) is 21.3 Å². The van der Waals surface area contributed by atoms with Gasteiger partial charge in [0, 0.05) is 6.20 Å². The molecule has 29 heavy (non-hydrogen) atoms. The molecule has 0 saturated heterocycles. The van der Waals surface area contributed by atoms with Crippen molar-refractivity contribution in [1.29, 1.82) is 0 Å². The highest BCUT2D eigenvalue weighted by Gasteiger charge is 2.37. The zero-order chi connectivity index (χ0) is 20.0. The van der Waals surface area contributed by atoms with E-state index in [1.807, 2.05) is 30.3 Å². The first-order chi connectivity index (χ1) is 14.1. The summed E-state index contributed by atoms with van der Waals surface area (Å²) in [4.78, 5) is 33.3. The zero-order valence-corrected chi connectivity index (χ0v) is 15.5. The molecule has 0 bridgehead atoms. The second-order valence-electron chi connectivity index (χ2n) is 6.17. The normalized spacial score (nSPS) is 13.0. The minimum absolute atomic E-state index is 0.339. The largest absolute Gasteiger partial charge is 0.500 e. The van der Waals surface area contributed by atoms with Crippen molar-refractivity contribution >= 4 is 43.4 Å². The van der Waals surface area contributed by atoms with Gasteiger partial charge in [0.15, 0.2) is 0 Å². The minimum Gasteiger partial charge on any atom is -0.500 e. The van der Waals surface area contributed by atoms with Gasteiger partial charge in [0.1, 0.15) is 28.3 Å². The van der Waals surface area contributed by atoms with Crippen LogP contribution >= 0.6 is 10.5 Å². The first-order valence-electron chi connectivity index (χ1n) is 8.58. The van der Waals surface area contributed by atoms with Crippen molar-refractivity contribution in [2.24, 2.45) is 0 Å². The molecule has 8 nitrogen and oxygen atoms in total. The highest BCUT2D eigenvalue weighted by molar-refractivity contribution is 7.57. The molecule has 1 aliphatic rings. The number of hydrogen-bond acceptors (Lipinski definition) is 6. The maximum atomic E-state index is 12.1. The molecule has 4 heterocycles. The molecule has 0 radical (unpaired) electrons. The van der Waals surface area contributed by atoms with E-state index in [2.05, 4.69) is 20.6 Å². The number of carbonyl (C=O) groups is 2. The lowest BCUT2D eigenvalue weighted by molar-refractivity contribution is -0.233. The molecule has 0 fully saturated rings. The topological polar surface area (TPSA) is 116 Å². The van der Waals surface area contributed by atoms with Crippen LogP contribution < -0.4 is 20.5 Å². The Bertz CT molecular complexity index is 1270. The summed E-state index contributed by atoms with van der Waals surface area (Å²) in [5.74, 6) is 1.16. The average Bonchev–Trinajstić information content (AvgIpc) is 3.05. The quantitative estimate of drug-likeness (QED) is 0.497. The van der Waals surface area contributed by atoms with E-state index >= 15 is 0 Å². The van der Waals surface area contributed by atoms with Crippen LogP contribution in [0.2, 0.25) is 0 Å². The highest BCUT2D eigenvalue weighted by atomic mass is 32.2. The van der Waals surface area contributed by atoms with Crippen LogP contribution in [0.25, 0.3) is 20.8 Å². The van der Waals surface area contributed by atoms with E-state index in [0.717, 1.165) is 0 Å². The smallest absolute Gasteiger partial charge is 0.323 e. The molecule has 4 aromatic rings. The van der Waals surface area contributed by atoms with Crippen LogP contribution in [0.3, 0.4) is 0 Å². The van der Waals surface area contributed by atoms with Crippen molar-refractivity contribution in [3.8, 4) is 22.1 Å². The first-order valence-corrected chi connectivity index (χ1v) is 9.80. The molecule has 1 aliphatic heterocycles. The lowest BCUT2D eigenvalue weighted by atomic mass is 10.1. The van der Waals surface area contributed by atoms with Crippen LogP contribution in [-0.2, 0) is 0 Å². The molecule has 1 atom stereocenters. The van der Waals surface area contributed by atoms with Crippen molar-refractivity contribution in [2.45, 2.75) is 0 Å². The van der Waals surface area contributed by atoms with Crippen molar-refractivity contribution < 1.29 is 19.4 Å². The summed E-state index contributed by atoms with van der Waals surface area (Å²) >= 11 is 0.